The van der Waals surface area contributed by atoms with Crippen molar-refractivity contribution in [1.29, 1.82) is 0 Å². The lowest BCUT2D eigenvalue weighted by atomic mass is 10.1. The van der Waals surface area contributed by atoms with Crippen LogP contribution in [-0.4, -0.2) is 48.1 Å². The van der Waals surface area contributed by atoms with Crippen LogP contribution in [0.5, 0.6) is 0 Å². The molecule has 2 unspecified atom stereocenters. The van der Waals surface area contributed by atoms with Crippen molar-refractivity contribution in [2.45, 2.75) is 45.6 Å². The molecule has 0 spiro atoms. The van der Waals surface area contributed by atoms with E-state index in [1.807, 2.05) is 13.8 Å². The molecule has 0 bridgehead atoms. The maximum Gasteiger partial charge on any atom is 0.331 e. The number of carbonyl (C=O) groups excluding carboxylic acids is 2. The summed E-state index contributed by atoms with van der Waals surface area (Å²) in [6, 6.07) is 0. The van der Waals surface area contributed by atoms with Crippen LogP contribution < -0.4 is 0 Å². The second kappa shape index (κ2) is 10.8. The van der Waals surface area contributed by atoms with Crippen LogP contribution in [-0.2, 0) is 19.1 Å². The largest absolute Gasteiger partial charge is 0.465 e. The molecule has 0 saturated carbocycles. The highest BCUT2D eigenvalue weighted by atomic mass is 16.6. The molecule has 0 aromatic carbocycles. The van der Waals surface area contributed by atoms with Gasteiger partial charge in [-0.3, -0.25) is 4.79 Å². The molecule has 0 aliphatic heterocycles. The summed E-state index contributed by atoms with van der Waals surface area (Å²) in [5.41, 5.74) is 0. The standard InChI is InChI=1S/C13H24O6/c1-3-10(2)13(17)18-7-5-4-6-11(15)9-19-12(16)8-14/h10-11,14-15H,3-9H2,1-2H3. The Morgan fingerprint density at radius 3 is 2.47 bits per heavy atom. The van der Waals surface area contributed by atoms with E-state index in [1.54, 1.807) is 0 Å². The molecular formula is C13H24O6. The van der Waals surface area contributed by atoms with Crippen molar-refractivity contribution in [2.75, 3.05) is 19.8 Å². The zero-order valence-corrected chi connectivity index (χ0v) is 11.6. The molecule has 0 aromatic rings. The Bertz CT molecular complexity index is 266. The van der Waals surface area contributed by atoms with Crippen LogP contribution in [0.15, 0.2) is 0 Å². The second-order valence-corrected chi connectivity index (χ2v) is 4.47. The van der Waals surface area contributed by atoms with Gasteiger partial charge in [0.2, 0.25) is 0 Å². The van der Waals surface area contributed by atoms with E-state index >= 15 is 0 Å². The molecule has 2 atom stereocenters. The molecule has 19 heavy (non-hydrogen) atoms. The third-order valence-electron chi connectivity index (χ3n) is 2.76. The topological polar surface area (TPSA) is 93.1 Å². The highest BCUT2D eigenvalue weighted by molar-refractivity contribution is 5.71. The van der Waals surface area contributed by atoms with Crippen molar-refractivity contribution in [3.05, 3.63) is 0 Å². The summed E-state index contributed by atoms with van der Waals surface area (Å²) in [4.78, 5) is 21.9. The Morgan fingerprint density at radius 1 is 1.21 bits per heavy atom. The van der Waals surface area contributed by atoms with Crippen LogP contribution in [0.4, 0.5) is 0 Å². The number of esters is 2. The fourth-order valence-corrected chi connectivity index (χ4v) is 1.28. The molecule has 6 nitrogen and oxygen atoms in total. The normalized spacial score (nSPS) is 13.7. The summed E-state index contributed by atoms with van der Waals surface area (Å²) in [6.45, 7) is 3.29. The maximum atomic E-state index is 11.3. The third kappa shape index (κ3) is 9.44. The Labute approximate surface area is 113 Å². The molecule has 0 aliphatic carbocycles. The smallest absolute Gasteiger partial charge is 0.331 e. The van der Waals surface area contributed by atoms with Crippen LogP contribution in [0.2, 0.25) is 0 Å². The Hall–Kier alpha value is -1.14. The SMILES string of the molecule is CCC(C)C(=O)OCCCCC(O)COC(=O)CO. The van der Waals surface area contributed by atoms with Crippen LogP contribution in [0.3, 0.4) is 0 Å². The van der Waals surface area contributed by atoms with E-state index in [2.05, 4.69) is 4.74 Å². The van der Waals surface area contributed by atoms with Gasteiger partial charge in [-0.25, -0.2) is 4.79 Å². The van der Waals surface area contributed by atoms with Gasteiger partial charge in [0.15, 0.2) is 0 Å². The lowest BCUT2D eigenvalue weighted by Crippen LogP contribution is -2.20. The van der Waals surface area contributed by atoms with Crippen LogP contribution >= 0.6 is 0 Å². The Kier molecular flexibility index (Phi) is 10.1. The minimum atomic E-state index is -0.749. The van der Waals surface area contributed by atoms with Gasteiger partial charge >= 0.3 is 11.9 Å². The molecule has 0 rings (SSSR count). The summed E-state index contributed by atoms with van der Waals surface area (Å²) in [6.07, 6.45) is 1.80. The van der Waals surface area contributed by atoms with Gasteiger partial charge in [0, 0.05) is 0 Å². The fourth-order valence-electron chi connectivity index (χ4n) is 1.28. The lowest BCUT2D eigenvalue weighted by molar-refractivity contribution is -0.150. The number of aliphatic hydroxyl groups excluding tert-OH is 2. The minimum absolute atomic E-state index is 0.0801. The first-order valence-corrected chi connectivity index (χ1v) is 6.62. The van der Waals surface area contributed by atoms with E-state index in [0.29, 0.717) is 25.9 Å². The van der Waals surface area contributed by atoms with E-state index in [-0.39, 0.29) is 18.5 Å². The van der Waals surface area contributed by atoms with Gasteiger partial charge in [-0.15, -0.1) is 0 Å². The Balaban J connectivity index is 3.48. The van der Waals surface area contributed by atoms with Crippen molar-refractivity contribution in [2.24, 2.45) is 5.92 Å². The average molecular weight is 276 g/mol. The summed E-state index contributed by atoms with van der Waals surface area (Å²) in [5.74, 6) is -1.02. The van der Waals surface area contributed by atoms with E-state index in [1.165, 1.54) is 0 Å². The molecule has 0 heterocycles. The third-order valence-corrected chi connectivity index (χ3v) is 2.76. The van der Waals surface area contributed by atoms with Crippen molar-refractivity contribution in [3.63, 3.8) is 0 Å². The van der Waals surface area contributed by atoms with Crippen LogP contribution in [0, 0.1) is 5.92 Å². The number of hydrogen-bond donors (Lipinski definition) is 2. The van der Waals surface area contributed by atoms with Crippen molar-refractivity contribution in [1.82, 2.24) is 0 Å². The van der Waals surface area contributed by atoms with Crippen molar-refractivity contribution >= 4 is 11.9 Å². The first-order chi connectivity index (χ1) is 9.01. The van der Waals surface area contributed by atoms with Gasteiger partial charge < -0.3 is 19.7 Å². The number of hydrogen-bond acceptors (Lipinski definition) is 6. The molecular weight excluding hydrogens is 252 g/mol. The van der Waals surface area contributed by atoms with Gasteiger partial charge in [0.05, 0.1) is 18.6 Å². The van der Waals surface area contributed by atoms with Crippen LogP contribution in [0.25, 0.3) is 0 Å². The fraction of sp³-hybridized carbons (Fsp3) is 0.846. The van der Waals surface area contributed by atoms with Gasteiger partial charge in [0.25, 0.3) is 0 Å². The van der Waals surface area contributed by atoms with E-state index in [0.717, 1.165) is 6.42 Å². The zero-order valence-electron chi connectivity index (χ0n) is 11.6. The minimum Gasteiger partial charge on any atom is -0.465 e. The lowest BCUT2D eigenvalue weighted by Gasteiger charge is -2.11. The summed E-state index contributed by atoms with van der Waals surface area (Å²) in [5, 5.41) is 17.9. The molecule has 0 aromatic heterocycles. The maximum absolute atomic E-state index is 11.3. The molecule has 0 radical (unpaired) electrons. The van der Waals surface area contributed by atoms with Gasteiger partial charge in [0.1, 0.15) is 13.2 Å². The number of carbonyl (C=O) groups is 2. The number of ether oxygens (including phenoxy) is 2. The first-order valence-electron chi connectivity index (χ1n) is 6.62. The van der Waals surface area contributed by atoms with E-state index in [4.69, 9.17) is 9.84 Å². The predicted molar refractivity (Wildman–Crippen MR) is 68.3 cm³/mol. The van der Waals surface area contributed by atoms with Gasteiger partial charge in [-0.2, -0.15) is 0 Å². The summed E-state index contributed by atoms with van der Waals surface area (Å²) < 4.78 is 9.62. The summed E-state index contributed by atoms with van der Waals surface area (Å²) in [7, 11) is 0. The second-order valence-electron chi connectivity index (χ2n) is 4.47. The molecule has 0 amide bonds. The number of aliphatic hydroxyl groups is 2. The monoisotopic (exact) mass is 276 g/mol. The molecule has 6 heteroatoms. The quantitative estimate of drug-likeness (QED) is 0.449. The predicted octanol–water partition coefficient (Wildman–Crippen LogP) is 0.642. The summed E-state index contributed by atoms with van der Waals surface area (Å²) >= 11 is 0. The van der Waals surface area contributed by atoms with Crippen molar-refractivity contribution in [3.8, 4) is 0 Å². The van der Waals surface area contributed by atoms with E-state index in [9.17, 15) is 14.7 Å². The number of unbranched alkanes of at least 4 members (excludes halogenated alkanes) is 1. The van der Waals surface area contributed by atoms with Crippen molar-refractivity contribution < 1.29 is 29.3 Å². The average Bonchev–Trinajstić information content (AvgIpc) is 2.42. The van der Waals surface area contributed by atoms with Crippen LogP contribution in [0.1, 0.15) is 39.5 Å². The van der Waals surface area contributed by atoms with E-state index < -0.39 is 18.7 Å². The highest BCUT2D eigenvalue weighted by Crippen LogP contribution is 2.06. The first kappa shape index (κ1) is 17.9. The molecule has 0 aliphatic rings. The molecule has 112 valence electrons. The zero-order chi connectivity index (χ0) is 14.7. The Morgan fingerprint density at radius 2 is 1.89 bits per heavy atom. The molecule has 2 N–H and O–H groups in total. The number of rotatable bonds is 10. The molecule has 0 saturated heterocycles. The van der Waals surface area contributed by atoms with Gasteiger partial charge in [-0.1, -0.05) is 13.8 Å². The van der Waals surface area contributed by atoms with Gasteiger partial charge in [-0.05, 0) is 25.7 Å². The molecule has 0 fully saturated rings. The highest BCUT2D eigenvalue weighted by Gasteiger charge is 2.12.